The molecule has 2 rings (SSSR count). The van der Waals surface area contributed by atoms with Crippen molar-refractivity contribution >= 4 is 5.78 Å². The van der Waals surface area contributed by atoms with Gasteiger partial charge in [0.1, 0.15) is 5.78 Å². The smallest absolute Gasteiger partial charge is 0.133 e. The van der Waals surface area contributed by atoms with E-state index in [-0.39, 0.29) is 11.5 Å². The van der Waals surface area contributed by atoms with Crippen LogP contribution in [0.1, 0.15) is 46.0 Å². The summed E-state index contributed by atoms with van der Waals surface area (Å²) in [5.41, 5.74) is 0.0194. The third-order valence-corrected chi connectivity index (χ3v) is 4.54. The lowest BCUT2D eigenvalue weighted by Crippen LogP contribution is -2.34. The van der Waals surface area contributed by atoms with E-state index in [4.69, 9.17) is 0 Å². The second-order valence-corrected chi connectivity index (χ2v) is 5.43. The van der Waals surface area contributed by atoms with Crippen molar-refractivity contribution in [3.63, 3.8) is 0 Å². The highest BCUT2D eigenvalue weighted by atomic mass is 16.3. The molecule has 2 aliphatic rings. The van der Waals surface area contributed by atoms with Gasteiger partial charge < -0.3 is 5.11 Å². The van der Waals surface area contributed by atoms with Crippen LogP contribution in [0.3, 0.4) is 0 Å². The van der Waals surface area contributed by atoms with Crippen molar-refractivity contribution in [2.24, 2.45) is 17.3 Å². The minimum absolute atomic E-state index is 0.0194. The summed E-state index contributed by atoms with van der Waals surface area (Å²) in [6.07, 6.45) is 4.15. The third kappa shape index (κ3) is 1.40. The van der Waals surface area contributed by atoms with Gasteiger partial charge in [0.05, 0.1) is 6.10 Å². The lowest BCUT2D eigenvalue weighted by atomic mass is 9.71. The molecule has 2 heteroatoms. The van der Waals surface area contributed by atoms with Crippen molar-refractivity contribution < 1.29 is 9.90 Å². The highest BCUT2D eigenvalue weighted by Crippen LogP contribution is 2.52. The fourth-order valence-corrected chi connectivity index (χ4v) is 3.54. The molecule has 2 aliphatic carbocycles. The van der Waals surface area contributed by atoms with Gasteiger partial charge in [0.15, 0.2) is 0 Å². The van der Waals surface area contributed by atoms with Gasteiger partial charge in [0.2, 0.25) is 0 Å². The van der Waals surface area contributed by atoms with Gasteiger partial charge in [-0.3, -0.25) is 4.79 Å². The first-order valence-electron chi connectivity index (χ1n) is 5.74. The molecule has 0 saturated heterocycles. The molecule has 0 spiro atoms. The number of aliphatic hydroxyl groups is 1. The molecule has 1 N–H and O–H groups in total. The molecule has 0 heterocycles. The van der Waals surface area contributed by atoms with Crippen molar-refractivity contribution in [3.05, 3.63) is 0 Å². The van der Waals surface area contributed by atoms with Crippen LogP contribution in [0.4, 0.5) is 0 Å². The molecule has 0 aromatic carbocycles. The number of hydrogen-bond acceptors (Lipinski definition) is 2. The Morgan fingerprint density at radius 2 is 2.14 bits per heavy atom. The summed E-state index contributed by atoms with van der Waals surface area (Å²) < 4.78 is 0. The van der Waals surface area contributed by atoms with Gasteiger partial charge in [-0.05, 0) is 36.5 Å². The van der Waals surface area contributed by atoms with E-state index < -0.39 is 0 Å². The van der Waals surface area contributed by atoms with Crippen LogP contribution in [0.5, 0.6) is 0 Å². The maximum Gasteiger partial charge on any atom is 0.133 e. The van der Waals surface area contributed by atoms with E-state index in [2.05, 4.69) is 13.8 Å². The highest BCUT2D eigenvalue weighted by Gasteiger charge is 2.49. The van der Waals surface area contributed by atoms with Crippen LogP contribution in [0, 0.1) is 17.3 Å². The van der Waals surface area contributed by atoms with Gasteiger partial charge >= 0.3 is 0 Å². The Labute approximate surface area is 85.7 Å². The molecule has 0 aliphatic heterocycles. The zero-order valence-electron chi connectivity index (χ0n) is 9.12. The standard InChI is InChI=1S/C12H20O2/c1-8-7-9(13)5-6-12(2)10(8)3-4-11(12)14/h8,10-11,14H,3-7H2,1-2H3/t8-,10-,11+,12+/m1/s1. The van der Waals surface area contributed by atoms with Gasteiger partial charge in [0.25, 0.3) is 0 Å². The topological polar surface area (TPSA) is 37.3 Å². The average molecular weight is 196 g/mol. The summed E-state index contributed by atoms with van der Waals surface area (Å²) in [6, 6.07) is 0. The quantitative estimate of drug-likeness (QED) is 0.644. The molecular weight excluding hydrogens is 176 g/mol. The monoisotopic (exact) mass is 196 g/mol. The first-order valence-corrected chi connectivity index (χ1v) is 5.74. The molecule has 0 bridgehead atoms. The molecule has 0 aromatic heterocycles. The summed E-state index contributed by atoms with van der Waals surface area (Å²) in [7, 11) is 0. The van der Waals surface area contributed by atoms with Crippen LogP contribution in [0.2, 0.25) is 0 Å². The number of hydrogen-bond donors (Lipinski definition) is 1. The minimum Gasteiger partial charge on any atom is -0.393 e. The van der Waals surface area contributed by atoms with Crippen LogP contribution in [-0.4, -0.2) is 17.0 Å². The zero-order chi connectivity index (χ0) is 10.3. The Morgan fingerprint density at radius 1 is 1.43 bits per heavy atom. The molecule has 14 heavy (non-hydrogen) atoms. The molecule has 0 amide bonds. The van der Waals surface area contributed by atoms with E-state index >= 15 is 0 Å². The Bertz CT molecular complexity index is 249. The third-order valence-electron chi connectivity index (χ3n) is 4.54. The molecule has 0 radical (unpaired) electrons. The van der Waals surface area contributed by atoms with Crippen molar-refractivity contribution in [1.82, 2.24) is 0 Å². The van der Waals surface area contributed by atoms with E-state index in [0.29, 0.717) is 24.0 Å². The SMILES string of the molecule is C[C@@H]1CC(=O)CC[C@@]2(C)[C@@H]1CC[C@@H]2O. The normalized spacial score (nSPS) is 48.8. The van der Waals surface area contributed by atoms with Crippen LogP contribution < -0.4 is 0 Å². The molecular formula is C12H20O2. The van der Waals surface area contributed by atoms with Gasteiger partial charge in [-0.2, -0.15) is 0 Å². The van der Waals surface area contributed by atoms with E-state index in [0.717, 1.165) is 25.7 Å². The summed E-state index contributed by atoms with van der Waals surface area (Å²) in [4.78, 5) is 11.5. The average Bonchev–Trinajstić information content (AvgIpc) is 2.35. The molecule has 4 atom stereocenters. The van der Waals surface area contributed by atoms with Crippen molar-refractivity contribution in [2.45, 2.75) is 52.1 Å². The number of aliphatic hydroxyl groups excluding tert-OH is 1. The molecule has 2 fully saturated rings. The Kier molecular flexibility index (Phi) is 2.42. The first kappa shape index (κ1) is 10.2. The van der Waals surface area contributed by atoms with Crippen molar-refractivity contribution in [3.8, 4) is 0 Å². The number of fused-ring (bicyclic) bond motifs is 1. The lowest BCUT2D eigenvalue weighted by molar-refractivity contribution is -0.119. The fraction of sp³-hybridized carbons (Fsp3) is 0.917. The van der Waals surface area contributed by atoms with E-state index in [1.165, 1.54) is 0 Å². The van der Waals surface area contributed by atoms with E-state index in [1.807, 2.05) is 0 Å². The maximum absolute atomic E-state index is 11.5. The molecule has 2 saturated carbocycles. The summed E-state index contributed by atoms with van der Waals surface area (Å²) >= 11 is 0. The second kappa shape index (κ2) is 3.34. The molecule has 0 aromatic rings. The largest absolute Gasteiger partial charge is 0.393 e. The number of Topliss-reactive ketones (excluding diaryl/α,β-unsaturated/α-hetero) is 1. The maximum atomic E-state index is 11.5. The highest BCUT2D eigenvalue weighted by molar-refractivity contribution is 5.79. The molecule has 2 nitrogen and oxygen atoms in total. The zero-order valence-corrected chi connectivity index (χ0v) is 9.12. The second-order valence-electron chi connectivity index (χ2n) is 5.43. The molecule has 80 valence electrons. The predicted octanol–water partition coefficient (Wildman–Crippen LogP) is 2.15. The number of carbonyl (C=O) groups is 1. The number of carbonyl (C=O) groups excluding carboxylic acids is 1. The van der Waals surface area contributed by atoms with E-state index in [1.54, 1.807) is 0 Å². The Balaban J connectivity index is 2.25. The predicted molar refractivity (Wildman–Crippen MR) is 54.9 cm³/mol. The van der Waals surface area contributed by atoms with E-state index in [9.17, 15) is 9.90 Å². The van der Waals surface area contributed by atoms with Crippen LogP contribution in [-0.2, 0) is 4.79 Å². The molecule has 0 unspecified atom stereocenters. The van der Waals surface area contributed by atoms with Gasteiger partial charge in [-0.25, -0.2) is 0 Å². The van der Waals surface area contributed by atoms with Crippen molar-refractivity contribution in [2.75, 3.05) is 0 Å². The summed E-state index contributed by atoms with van der Waals surface area (Å²) in [5, 5.41) is 10.0. The van der Waals surface area contributed by atoms with Crippen LogP contribution >= 0.6 is 0 Å². The first-order chi connectivity index (χ1) is 6.54. The lowest BCUT2D eigenvalue weighted by Gasteiger charge is -2.35. The fourth-order valence-electron chi connectivity index (χ4n) is 3.54. The van der Waals surface area contributed by atoms with Gasteiger partial charge in [-0.15, -0.1) is 0 Å². The summed E-state index contributed by atoms with van der Waals surface area (Å²) in [6.45, 7) is 4.34. The number of ketones is 1. The minimum atomic E-state index is -0.180. The van der Waals surface area contributed by atoms with Crippen LogP contribution in [0.25, 0.3) is 0 Å². The summed E-state index contributed by atoms with van der Waals surface area (Å²) in [5.74, 6) is 1.41. The Hall–Kier alpha value is -0.370. The van der Waals surface area contributed by atoms with Crippen molar-refractivity contribution in [1.29, 1.82) is 0 Å². The number of rotatable bonds is 0. The van der Waals surface area contributed by atoms with Gasteiger partial charge in [0, 0.05) is 12.8 Å². The van der Waals surface area contributed by atoms with Crippen LogP contribution in [0.15, 0.2) is 0 Å². The Morgan fingerprint density at radius 3 is 2.86 bits per heavy atom. The van der Waals surface area contributed by atoms with Gasteiger partial charge in [-0.1, -0.05) is 13.8 Å².